The van der Waals surface area contributed by atoms with E-state index in [1.54, 1.807) is 0 Å². The average molecular weight is 367 g/mol. The van der Waals surface area contributed by atoms with Gasteiger partial charge in [0.05, 0.1) is 6.33 Å². The fourth-order valence-corrected chi connectivity index (χ4v) is 4.40. The Hall–Kier alpha value is -2.14. The lowest BCUT2D eigenvalue weighted by Crippen LogP contribution is -2.33. The fraction of sp³-hybridized carbons (Fsp3) is 0.545. The molecule has 1 N–H and O–H groups in total. The van der Waals surface area contributed by atoms with E-state index in [-0.39, 0.29) is 11.8 Å². The van der Waals surface area contributed by atoms with Crippen LogP contribution in [0.2, 0.25) is 0 Å². The van der Waals surface area contributed by atoms with Crippen LogP contribution in [0.1, 0.15) is 41.1 Å². The van der Waals surface area contributed by atoms with E-state index in [0.717, 1.165) is 39.0 Å². The topological polar surface area (TPSA) is 50.2 Å². The molecule has 0 spiro atoms. The Bertz CT molecular complexity index is 803. The normalized spacial score (nSPS) is 22.9. The molecule has 1 aliphatic heterocycles. The number of aryl methyl sites for hydroxylation is 3. The lowest BCUT2D eigenvalue weighted by Gasteiger charge is -2.19. The molecule has 1 amide bonds. The first-order valence-electron chi connectivity index (χ1n) is 10.0. The number of carbonyl (C=O) groups is 1. The summed E-state index contributed by atoms with van der Waals surface area (Å²) in [6, 6.07) is 6.53. The lowest BCUT2D eigenvalue weighted by atomic mass is 9.93. The summed E-state index contributed by atoms with van der Waals surface area (Å²) in [6.07, 6.45) is 5.98. The number of amides is 1. The van der Waals surface area contributed by atoms with Gasteiger partial charge in [0, 0.05) is 57.0 Å². The van der Waals surface area contributed by atoms with Crippen LogP contribution in [0.15, 0.2) is 30.7 Å². The summed E-state index contributed by atoms with van der Waals surface area (Å²) in [5.41, 5.74) is 5.42. The van der Waals surface area contributed by atoms with Crippen molar-refractivity contribution in [2.75, 3.05) is 19.6 Å². The first-order chi connectivity index (χ1) is 13.0. The van der Waals surface area contributed by atoms with Gasteiger partial charge in [0.2, 0.25) is 5.91 Å². The Morgan fingerprint density at radius 2 is 1.96 bits per heavy atom. The number of nitrogens with one attached hydrogen (secondary N) is 1. The van der Waals surface area contributed by atoms with Crippen LogP contribution in [0.5, 0.6) is 0 Å². The first kappa shape index (κ1) is 18.2. The van der Waals surface area contributed by atoms with Gasteiger partial charge in [-0.2, -0.15) is 0 Å². The molecule has 4 rings (SSSR count). The summed E-state index contributed by atoms with van der Waals surface area (Å²) in [7, 11) is 2.07. The molecule has 2 aliphatic rings. The summed E-state index contributed by atoms with van der Waals surface area (Å²) in [5.74, 6) is 1.34. The summed E-state index contributed by atoms with van der Waals surface area (Å²) in [5, 5.41) is 3.21. The molecule has 144 valence electrons. The monoisotopic (exact) mass is 366 g/mol. The number of imidazole rings is 1. The maximum Gasteiger partial charge on any atom is 0.223 e. The van der Waals surface area contributed by atoms with Crippen LogP contribution in [-0.2, 0) is 18.4 Å². The van der Waals surface area contributed by atoms with Crippen LogP contribution < -0.4 is 5.32 Å². The highest BCUT2D eigenvalue weighted by Crippen LogP contribution is 2.34. The number of nitrogens with zero attached hydrogens (tertiary/aromatic N) is 3. The van der Waals surface area contributed by atoms with Crippen LogP contribution in [-0.4, -0.2) is 40.0 Å². The third kappa shape index (κ3) is 3.93. The highest BCUT2D eigenvalue weighted by Gasteiger charge is 2.37. The lowest BCUT2D eigenvalue weighted by molar-refractivity contribution is -0.122. The van der Waals surface area contributed by atoms with Crippen molar-refractivity contribution in [2.24, 2.45) is 18.9 Å². The van der Waals surface area contributed by atoms with Crippen LogP contribution in [0.4, 0.5) is 0 Å². The molecule has 2 aromatic rings. The van der Waals surface area contributed by atoms with Crippen molar-refractivity contribution in [3.63, 3.8) is 0 Å². The third-order valence-electron chi connectivity index (χ3n) is 6.26. The molecule has 5 heteroatoms. The molecular formula is C22H30N4O. The summed E-state index contributed by atoms with van der Waals surface area (Å²) < 4.78 is 2.13. The van der Waals surface area contributed by atoms with E-state index >= 15 is 0 Å². The largest absolute Gasteiger partial charge is 0.356 e. The van der Waals surface area contributed by atoms with E-state index in [1.165, 1.54) is 22.4 Å². The van der Waals surface area contributed by atoms with Gasteiger partial charge in [-0.15, -0.1) is 0 Å². The number of benzene rings is 1. The van der Waals surface area contributed by atoms with Gasteiger partial charge in [-0.25, -0.2) is 4.98 Å². The SMILES string of the molecule is Cc1cccc(C)c1CN1C[C@@H](CNC(=O)C2CC2)[C@H](c2cncn2C)C1. The van der Waals surface area contributed by atoms with Crippen molar-refractivity contribution in [2.45, 2.75) is 39.2 Å². The van der Waals surface area contributed by atoms with E-state index in [2.05, 4.69) is 58.9 Å². The Labute approximate surface area is 161 Å². The third-order valence-corrected chi connectivity index (χ3v) is 6.26. The van der Waals surface area contributed by atoms with Crippen LogP contribution >= 0.6 is 0 Å². The summed E-state index contributed by atoms with van der Waals surface area (Å²) in [4.78, 5) is 19.0. The van der Waals surface area contributed by atoms with E-state index in [0.29, 0.717) is 11.8 Å². The molecule has 27 heavy (non-hydrogen) atoms. The van der Waals surface area contributed by atoms with Crippen molar-refractivity contribution < 1.29 is 4.79 Å². The smallest absolute Gasteiger partial charge is 0.223 e. The Morgan fingerprint density at radius 3 is 2.59 bits per heavy atom. The number of hydrogen-bond donors (Lipinski definition) is 1. The molecule has 1 aromatic carbocycles. The van der Waals surface area contributed by atoms with Crippen LogP contribution in [0, 0.1) is 25.7 Å². The molecule has 2 atom stereocenters. The van der Waals surface area contributed by atoms with E-state index in [4.69, 9.17) is 0 Å². The predicted molar refractivity (Wildman–Crippen MR) is 106 cm³/mol. The van der Waals surface area contributed by atoms with E-state index in [1.807, 2.05) is 12.5 Å². The van der Waals surface area contributed by atoms with Crippen molar-refractivity contribution >= 4 is 5.91 Å². The van der Waals surface area contributed by atoms with Crippen molar-refractivity contribution in [1.29, 1.82) is 0 Å². The zero-order valence-corrected chi connectivity index (χ0v) is 16.6. The number of carbonyl (C=O) groups excluding carboxylic acids is 1. The molecule has 1 aromatic heterocycles. The molecule has 0 bridgehead atoms. The minimum Gasteiger partial charge on any atom is -0.356 e. The highest BCUT2D eigenvalue weighted by atomic mass is 16.2. The standard InChI is InChI=1S/C22H30N4O/c1-15-5-4-6-16(2)19(15)12-26-11-18(9-24-22(27)17-7-8-17)20(13-26)21-10-23-14-25(21)3/h4-6,10,14,17-18,20H,7-9,11-13H2,1-3H3,(H,24,27)/t18-,20-/m1/s1. The quantitative estimate of drug-likeness (QED) is 0.855. The number of rotatable bonds is 6. The van der Waals surface area contributed by atoms with E-state index in [9.17, 15) is 4.79 Å². The zero-order valence-electron chi connectivity index (χ0n) is 16.6. The predicted octanol–water partition coefficient (Wildman–Crippen LogP) is 2.78. The first-order valence-corrected chi connectivity index (χ1v) is 10.0. The number of likely N-dealkylation sites (tertiary alicyclic amines) is 1. The van der Waals surface area contributed by atoms with Gasteiger partial charge in [-0.05, 0) is 49.3 Å². The molecular weight excluding hydrogens is 336 g/mol. The van der Waals surface area contributed by atoms with Gasteiger partial charge < -0.3 is 9.88 Å². The van der Waals surface area contributed by atoms with Gasteiger partial charge in [-0.3, -0.25) is 9.69 Å². The minimum absolute atomic E-state index is 0.243. The molecule has 5 nitrogen and oxygen atoms in total. The van der Waals surface area contributed by atoms with Gasteiger partial charge >= 0.3 is 0 Å². The van der Waals surface area contributed by atoms with Crippen LogP contribution in [0.3, 0.4) is 0 Å². The van der Waals surface area contributed by atoms with Gasteiger partial charge in [0.15, 0.2) is 0 Å². The maximum absolute atomic E-state index is 12.1. The second-order valence-electron chi connectivity index (χ2n) is 8.38. The number of hydrogen-bond acceptors (Lipinski definition) is 3. The highest BCUT2D eigenvalue weighted by molar-refractivity contribution is 5.80. The second-order valence-corrected chi connectivity index (χ2v) is 8.38. The Kier molecular flexibility index (Phi) is 5.04. The van der Waals surface area contributed by atoms with Crippen LogP contribution in [0.25, 0.3) is 0 Å². The molecule has 1 saturated carbocycles. The second kappa shape index (κ2) is 7.47. The fourth-order valence-electron chi connectivity index (χ4n) is 4.40. The van der Waals surface area contributed by atoms with Crippen molar-refractivity contribution in [3.05, 3.63) is 53.1 Å². The van der Waals surface area contributed by atoms with Gasteiger partial charge in [0.1, 0.15) is 0 Å². The molecule has 1 saturated heterocycles. The van der Waals surface area contributed by atoms with Gasteiger partial charge in [-0.1, -0.05) is 18.2 Å². The summed E-state index contributed by atoms with van der Waals surface area (Å²) in [6.45, 7) is 8.15. The average Bonchev–Trinajstić information content (AvgIpc) is 3.29. The molecule has 0 unspecified atom stereocenters. The maximum atomic E-state index is 12.1. The Balaban J connectivity index is 1.49. The number of aromatic nitrogens is 2. The van der Waals surface area contributed by atoms with E-state index < -0.39 is 0 Å². The summed E-state index contributed by atoms with van der Waals surface area (Å²) >= 11 is 0. The molecule has 2 fully saturated rings. The molecule has 0 radical (unpaired) electrons. The molecule has 1 aliphatic carbocycles. The van der Waals surface area contributed by atoms with Crippen molar-refractivity contribution in [1.82, 2.24) is 19.8 Å². The zero-order chi connectivity index (χ0) is 19.0. The van der Waals surface area contributed by atoms with Crippen molar-refractivity contribution in [3.8, 4) is 0 Å². The Morgan fingerprint density at radius 1 is 1.22 bits per heavy atom. The molecule has 2 heterocycles. The minimum atomic E-state index is 0.243. The van der Waals surface area contributed by atoms with Gasteiger partial charge in [0.25, 0.3) is 0 Å².